The molecule has 3 rings (SSSR count). The molecule has 0 fully saturated rings. The highest BCUT2D eigenvalue weighted by Crippen LogP contribution is 2.48. The number of nitrogens with one attached hydrogen (secondary N) is 1. The zero-order chi connectivity index (χ0) is 29.7. The number of rotatable bonds is 16. The lowest BCUT2D eigenvalue weighted by Crippen LogP contribution is -2.53. The quantitative estimate of drug-likeness (QED) is 0.145. The Kier molecular flexibility index (Phi) is 12.5. The molecule has 0 aliphatic carbocycles. The number of ketones is 1. The lowest BCUT2D eigenvalue weighted by Gasteiger charge is -2.35. The number of carbonyl (C=O) groups excluding carboxylic acids is 2. The molecule has 3 aromatic rings. The number of likely N-dealkylation sites (N-methyl/N-ethyl adjacent to an activating group) is 2. The molecule has 0 bridgehead atoms. The summed E-state index contributed by atoms with van der Waals surface area (Å²) in [5.41, 5.74) is 3.09. The third kappa shape index (κ3) is 9.20. The minimum Gasteiger partial charge on any atom is -0.327 e. The van der Waals surface area contributed by atoms with Gasteiger partial charge in [0.1, 0.15) is 0 Å². The molecule has 5 nitrogen and oxygen atoms in total. The summed E-state index contributed by atoms with van der Waals surface area (Å²) < 4.78 is -0.248. The zero-order valence-electron chi connectivity index (χ0n) is 25.4. The molecular formula is C35H47N3O2S. The van der Waals surface area contributed by atoms with Crippen molar-refractivity contribution >= 4 is 23.6 Å². The maximum absolute atomic E-state index is 12.4. The normalized spacial score (nSPS) is 11.9. The topological polar surface area (TPSA) is 52.7 Å². The molecule has 0 saturated carbocycles. The summed E-state index contributed by atoms with van der Waals surface area (Å²) in [4.78, 5) is 28.1. The highest BCUT2D eigenvalue weighted by molar-refractivity contribution is 8.00. The van der Waals surface area contributed by atoms with Gasteiger partial charge in [-0.15, -0.1) is 11.8 Å². The second-order valence-electron chi connectivity index (χ2n) is 11.4. The molecule has 1 N–H and O–H groups in total. The van der Waals surface area contributed by atoms with Crippen molar-refractivity contribution in [2.45, 2.75) is 56.7 Å². The molecule has 0 unspecified atom stereocenters. The van der Waals surface area contributed by atoms with Crippen LogP contribution in [0.2, 0.25) is 0 Å². The SMILES string of the molecule is CC(=O)C(C)(C)NC(=O)N(C)CCN(C)CCCCCCSC(c1ccccc1)(c1ccccc1)c1ccccc1. The molecule has 2 amide bonds. The molecular weight excluding hydrogens is 526 g/mol. The van der Waals surface area contributed by atoms with E-state index in [1.165, 1.54) is 36.5 Å². The lowest BCUT2D eigenvalue weighted by atomic mass is 9.84. The Morgan fingerprint density at radius 2 is 1.15 bits per heavy atom. The summed E-state index contributed by atoms with van der Waals surface area (Å²) in [6.07, 6.45) is 4.67. The van der Waals surface area contributed by atoms with Crippen molar-refractivity contribution < 1.29 is 9.59 Å². The summed E-state index contributed by atoms with van der Waals surface area (Å²) in [6, 6.07) is 32.5. The number of amides is 2. The second-order valence-corrected chi connectivity index (χ2v) is 12.7. The number of unbranched alkanes of at least 4 members (excludes halogenated alkanes) is 3. The molecule has 220 valence electrons. The highest BCUT2D eigenvalue weighted by Gasteiger charge is 2.36. The van der Waals surface area contributed by atoms with E-state index >= 15 is 0 Å². The van der Waals surface area contributed by atoms with Gasteiger partial charge in [-0.2, -0.15) is 0 Å². The van der Waals surface area contributed by atoms with Crippen molar-refractivity contribution in [3.8, 4) is 0 Å². The van der Waals surface area contributed by atoms with E-state index in [-0.39, 0.29) is 16.6 Å². The third-order valence-electron chi connectivity index (χ3n) is 7.76. The van der Waals surface area contributed by atoms with Crippen LogP contribution < -0.4 is 5.32 Å². The molecule has 0 saturated heterocycles. The van der Waals surface area contributed by atoms with E-state index < -0.39 is 5.54 Å². The van der Waals surface area contributed by atoms with Gasteiger partial charge in [0.25, 0.3) is 0 Å². The molecule has 3 aromatic carbocycles. The Morgan fingerprint density at radius 1 is 0.683 bits per heavy atom. The fourth-order valence-electron chi connectivity index (χ4n) is 4.82. The molecule has 41 heavy (non-hydrogen) atoms. The van der Waals surface area contributed by atoms with E-state index in [0.717, 1.165) is 31.7 Å². The Hall–Kier alpha value is -3.09. The molecule has 6 heteroatoms. The monoisotopic (exact) mass is 573 g/mol. The summed E-state index contributed by atoms with van der Waals surface area (Å²) in [7, 11) is 3.88. The van der Waals surface area contributed by atoms with E-state index in [4.69, 9.17) is 0 Å². The van der Waals surface area contributed by atoms with Gasteiger partial charge in [-0.25, -0.2) is 4.79 Å². The average Bonchev–Trinajstić information content (AvgIpc) is 2.98. The first-order valence-corrected chi connectivity index (χ1v) is 15.7. The largest absolute Gasteiger partial charge is 0.327 e. The van der Waals surface area contributed by atoms with Crippen LogP contribution in [0.5, 0.6) is 0 Å². The van der Waals surface area contributed by atoms with Gasteiger partial charge in [0.05, 0.1) is 10.3 Å². The third-order valence-corrected chi connectivity index (χ3v) is 9.39. The molecule has 0 aromatic heterocycles. The number of benzene rings is 3. The minimum atomic E-state index is -0.849. The van der Waals surface area contributed by atoms with Gasteiger partial charge in [0, 0.05) is 20.1 Å². The van der Waals surface area contributed by atoms with Gasteiger partial charge in [-0.3, -0.25) is 4.79 Å². The Labute approximate surface area is 251 Å². The van der Waals surface area contributed by atoms with Crippen molar-refractivity contribution in [1.82, 2.24) is 15.1 Å². The highest BCUT2D eigenvalue weighted by atomic mass is 32.2. The first kappa shape index (κ1) is 32.4. The van der Waals surface area contributed by atoms with Gasteiger partial charge in [0.2, 0.25) is 0 Å². The fourth-order valence-corrected chi connectivity index (χ4v) is 6.38. The number of carbonyl (C=O) groups is 2. The number of urea groups is 1. The second kappa shape index (κ2) is 15.8. The van der Waals surface area contributed by atoms with E-state index in [1.54, 1.807) is 25.8 Å². The van der Waals surface area contributed by atoms with Crippen LogP contribution in [-0.4, -0.2) is 66.6 Å². The Morgan fingerprint density at radius 3 is 1.61 bits per heavy atom. The number of hydrogen-bond acceptors (Lipinski definition) is 4. The predicted octanol–water partition coefficient (Wildman–Crippen LogP) is 7.21. The van der Waals surface area contributed by atoms with Crippen molar-refractivity contribution in [2.75, 3.05) is 39.5 Å². The van der Waals surface area contributed by atoms with Crippen LogP contribution in [0.1, 0.15) is 63.1 Å². The van der Waals surface area contributed by atoms with Gasteiger partial charge in [-0.1, -0.05) is 104 Å². The van der Waals surface area contributed by atoms with E-state index in [1.807, 2.05) is 11.8 Å². The zero-order valence-corrected chi connectivity index (χ0v) is 26.3. The van der Waals surface area contributed by atoms with E-state index in [0.29, 0.717) is 6.54 Å². The van der Waals surface area contributed by atoms with Gasteiger partial charge in [0.15, 0.2) is 5.78 Å². The first-order valence-electron chi connectivity index (χ1n) is 14.7. The number of nitrogens with zero attached hydrogens (tertiary/aromatic N) is 2. The predicted molar refractivity (Wildman–Crippen MR) is 174 cm³/mol. The van der Waals surface area contributed by atoms with Crippen LogP contribution in [-0.2, 0) is 9.54 Å². The van der Waals surface area contributed by atoms with Crippen LogP contribution >= 0.6 is 11.8 Å². The smallest absolute Gasteiger partial charge is 0.317 e. The van der Waals surface area contributed by atoms with Crippen molar-refractivity contribution in [3.63, 3.8) is 0 Å². The first-order chi connectivity index (χ1) is 19.7. The van der Waals surface area contributed by atoms with Crippen LogP contribution in [0, 0.1) is 0 Å². The van der Waals surface area contributed by atoms with E-state index in [2.05, 4.69) is 108 Å². The number of hydrogen-bond donors (Lipinski definition) is 1. The van der Waals surface area contributed by atoms with Crippen molar-refractivity contribution in [1.29, 1.82) is 0 Å². The molecule has 0 aliphatic rings. The summed E-state index contributed by atoms with van der Waals surface area (Å²) in [5, 5.41) is 2.81. The van der Waals surface area contributed by atoms with Gasteiger partial charge in [-0.05, 0) is 69.6 Å². The van der Waals surface area contributed by atoms with Crippen LogP contribution in [0.25, 0.3) is 0 Å². The molecule has 0 aliphatic heterocycles. The standard InChI is InChI=1S/C35H47N3O2S/c1-29(39)34(2,3)36-33(40)38(5)27-26-37(4)25-17-6-7-18-28-41-35(30-19-11-8-12-20-30,31-21-13-9-14-22-31)32-23-15-10-16-24-32/h8-16,19-24H,6-7,17-18,25-28H2,1-5H3,(H,36,40). The van der Waals surface area contributed by atoms with Gasteiger partial charge >= 0.3 is 6.03 Å². The van der Waals surface area contributed by atoms with Crippen molar-refractivity contribution in [2.24, 2.45) is 0 Å². The minimum absolute atomic E-state index is 0.0549. The van der Waals surface area contributed by atoms with Gasteiger partial charge < -0.3 is 15.1 Å². The van der Waals surface area contributed by atoms with E-state index in [9.17, 15) is 9.59 Å². The maximum atomic E-state index is 12.4. The summed E-state index contributed by atoms with van der Waals surface area (Å²) in [5.74, 6) is 1.02. The van der Waals surface area contributed by atoms with Crippen molar-refractivity contribution in [3.05, 3.63) is 108 Å². The molecule has 0 spiro atoms. The maximum Gasteiger partial charge on any atom is 0.317 e. The van der Waals surface area contributed by atoms with Crippen LogP contribution in [0.15, 0.2) is 91.0 Å². The van der Waals surface area contributed by atoms with Crippen LogP contribution in [0.3, 0.4) is 0 Å². The Bertz CT molecular complexity index is 1110. The fraction of sp³-hybridized carbons (Fsp3) is 0.429. The molecule has 0 atom stereocenters. The molecule has 0 heterocycles. The lowest BCUT2D eigenvalue weighted by molar-refractivity contribution is -0.121. The molecule has 0 radical (unpaired) electrons. The number of thioether (sulfide) groups is 1. The Balaban J connectivity index is 1.48. The number of Topliss-reactive ketones (excluding diaryl/α,β-unsaturated/α-hetero) is 1. The van der Waals surface area contributed by atoms with Crippen LogP contribution in [0.4, 0.5) is 4.79 Å². The summed E-state index contributed by atoms with van der Waals surface area (Å²) in [6.45, 7) is 7.39. The average molecular weight is 574 g/mol. The summed E-state index contributed by atoms with van der Waals surface area (Å²) >= 11 is 2.04.